The molecule has 0 unspecified atom stereocenters. The van der Waals surface area contributed by atoms with Crippen molar-refractivity contribution in [1.29, 1.82) is 0 Å². The highest BCUT2D eigenvalue weighted by Gasteiger charge is 2.37. The van der Waals surface area contributed by atoms with Gasteiger partial charge in [-0.15, -0.1) is 0 Å². The van der Waals surface area contributed by atoms with Crippen molar-refractivity contribution >= 4 is 58.8 Å². The molecule has 0 rings (SSSR count). The topological polar surface area (TPSA) is 55.4 Å². The first-order valence-corrected chi connectivity index (χ1v) is 30.6. The molecule has 0 atom stereocenters. The van der Waals surface area contributed by atoms with Gasteiger partial charge in [0.05, 0.1) is 0 Å². The van der Waals surface area contributed by atoms with E-state index in [4.69, 9.17) is 26.6 Å². The van der Waals surface area contributed by atoms with E-state index in [1.54, 1.807) is 42.7 Å². The molecule has 322 valence electrons. The van der Waals surface area contributed by atoms with Crippen molar-refractivity contribution in [3.63, 3.8) is 0 Å². The van der Waals surface area contributed by atoms with E-state index >= 15 is 0 Å². The Morgan fingerprint density at radius 2 is 0.500 bits per heavy atom. The molecule has 0 radical (unpaired) electrons. The smallest absolute Gasteiger partial charge is 0.377 e. The van der Waals surface area contributed by atoms with E-state index in [0.717, 1.165) is 24.9 Å². The van der Waals surface area contributed by atoms with E-state index < -0.39 is 17.6 Å². The Balaban J connectivity index is 3.27. The van der Waals surface area contributed by atoms with Crippen LogP contribution in [0.1, 0.15) is 193 Å². The van der Waals surface area contributed by atoms with Crippen molar-refractivity contribution in [2.45, 2.75) is 205 Å². The molecule has 0 aromatic heterocycles. The van der Waals surface area contributed by atoms with Crippen molar-refractivity contribution < 1.29 is 26.6 Å². The van der Waals surface area contributed by atoms with E-state index in [1.165, 1.54) is 180 Å². The maximum absolute atomic E-state index is 5.50. The predicted octanol–water partition coefficient (Wildman–Crippen LogP) is 16.2. The molecule has 0 fully saturated rings. The standard InChI is InChI=1S/C42H86O6S4Si2/c1-43-53(44-2,45-3)41-37-33-29-25-21-17-13-9-7-11-15-19-23-27-31-35-39-49-51-52-50-40-36-32-28-24-20-16-12-8-10-14-18-22-26-30-34-38-42-54(46-4,47-5)48-6/h35-36,39-40H,7-34,37-38,41-42H2,1-6H3. The van der Waals surface area contributed by atoms with Crippen molar-refractivity contribution in [3.05, 3.63) is 23.0 Å². The molecule has 12 heteroatoms. The largest absolute Gasteiger partial charge is 0.500 e. The Morgan fingerprint density at radius 3 is 0.722 bits per heavy atom. The van der Waals surface area contributed by atoms with Crippen LogP contribution in [-0.4, -0.2) is 60.3 Å². The molecule has 0 N–H and O–H groups in total. The summed E-state index contributed by atoms with van der Waals surface area (Å²) in [5, 5.41) is 4.56. The van der Waals surface area contributed by atoms with Crippen LogP contribution in [0.3, 0.4) is 0 Å². The molecule has 0 bridgehead atoms. The molecule has 0 amide bonds. The van der Waals surface area contributed by atoms with Crippen LogP contribution >= 0.6 is 41.2 Å². The lowest BCUT2D eigenvalue weighted by atomic mass is 10.0. The molecule has 0 saturated heterocycles. The van der Waals surface area contributed by atoms with E-state index in [1.807, 2.05) is 41.2 Å². The highest BCUT2D eigenvalue weighted by Crippen LogP contribution is 2.44. The Hall–Kier alpha value is 1.07. The summed E-state index contributed by atoms with van der Waals surface area (Å²) in [6.45, 7) is 0. The summed E-state index contributed by atoms with van der Waals surface area (Å²) in [5.74, 6) is 0. The van der Waals surface area contributed by atoms with E-state index in [-0.39, 0.29) is 0 Å². The molecule has 0 heterocycles. The second-order valence-corrected chi connectivity index (χ2v) is 26.4. The summed E-state index contributed by atoms with van der Waals surface area (Å²) >= 11 is 0. The van der Waals surface area contributed by atoms with Crippen molar-refractivity contribution in [3.8, 4) is 0 Å². The van der Waals surface area contributed by atoms with Gasteiger partial charge in [-0.1, -0.05) is 188 Å². The molecular weight excluding hydrogens is 785 g/mol. The number of allylic oxidation sites excluding steroid dienone is 2. The Morgan fingerprint density at radius 1 is 0.296 bits per heavy atom. The van der Waals surface area contributed by atoms with Crippen LogP contribution in [0.15, 0.2) is 23.0 Å². The maximum atomic E-state index is 5.50. The highest BCUT2D eigenvalue weighted by molar-refractivity contribution is 9.26. The lowest BCUT2D eigenvalue weighted by Gasteiger charge is -2.24. The number of hydrogen-bond donors (Lipinski definition) is 0. The Bertz CT molecular complexity index is 726. The lowest BCUT2D eigenvalue weighted by molar-refractivity contribution is 0.122. The van der Waals surface area contributed by atoms with Crippen LogP contribution in [-0.2, 0) is 26.6 Å². The third-order valence-corrected chi connectivity index (χ3v) is 21.7. The SMILES string of the molecule is CO[Si](CCCCCCCCCCCCCCCCC=CSSSSC=CCCCCCCCCCCCCCCCC[Si](OC)(OC)OC)(OC)OC. The summed E-state index contributed by atoms with van der Waals surface area (Å²) in [5.41, 5.74) is 0. The van der Waals surface area contributed by atoms with Gasteiger partial charge in [-0.2, -0.15) is 0 Å². The molecule has 0 aromatic rings. The first-order chi connectivity index (χ1) is 26.6. The van der Waals surface area contributed by atoms with Crippen molar-refractivity contribution in [2.24, 2.45) is 0 Å². The van der Waals surface area contributed by atoms with Gasteiger partial charge >= 0.3 is 17.6 Å². The second-order valence-electron chi connectivity index (χ2n) is 14.6. The molecule has 0 spiro atoms. The zero-order valence-corrected chi connectivity index (χ0v) is 41.3. The Kier molecular flexibility index (Phi) is 44.5. The minimum atomic E-state index is -2.36. The van der Waals surface area contributed by atoms with Gasteiger partial charge in [0.25, 0.3) is 0 Å². The summed E-state index contributed by atoms with van der Waals surface area (Å²) in [6.07, 6.45) is 45.3. The molecule has 0 saturated carbocycles. The van der Waals surface area contributed by atoms with Gasteiger partial charge in [0.2, 0.25) is 0 Å². The van der Waals surface area contributed by atoms with Gasteiger partial charge in [-0.25, -0.2) is 0 Å². The van der Waals surface area contributed by atoms with Gasteiger partial charge in [0, 0.05) is 54.7 Å². The van der Waals surface area contributed by atoms with E-state index in [2.05, 4.69) is 23.0 Å². The average molecular weight is 872 g/mol. The van der Waals surface area contributed by atoms with Crippen LogP contribution in [0.4, 0.5) is 0 Å². The number of rotatable bonds is 45. The first-order valence-electron chi connectivity index (χ1n) is 21.8. The summed E-state index contributed by atoms with van der Waals surface area (Å²) < 4.78 is 33.0. The highest BCUT2D eigenvalue weighted by atomic mass is 33.7. The minimum absolute atomic E-state index is 0.929. The fraction of sp³-hybridized carbons (Fsp3) is 0.905. The molecule has 54 heavy (non-hydrogen) atoms. The molecule has 0 aliphatic carbocycles. The molecule has 6 nitrogen and oxygen atoms in total. The quantitative estimate of drug-likeness (QED) is 0.0336. The van der Waals surface area contributed by atoms with Crippen molar-refractivity contribution in [2.75, 3.05) is 42.7 Å². The third kappa shape index (κ3) is 35.1. The average Bonchev–Trinajstić information content (AvgIpc) is 3.20. The lowest BCUT2D eigenvalue weighted by Crippen LogP contribution is -2.42. The monoisotopic (exact) mass is 870 g/mol. The second kappa shape index (κ2) is 43.6. The van der Waals surface area contributed by atoms with Gasteiger partial charge in [-0.3, -0.25) is 0 Å². The van der Waals surface area contributed by atoms with Crippen LogP contribution in [0.5, 0.6) is 0 Å². The molecule has 0 aliphatic heterocycles. The fourth-order valence-corrected chi connectivity index (χ4v) is 15.1. The third-order valence-electron chi connectivity index (χ3n) is 10.5. The van der Waals surface area contributed by atoms with Gasteiger partial charge < -0.3 is 26.6 Å². The predicted molar refractivity (Wildman–Crippen MR) is 250 cm³/mol. The molecular formula is C42H86O6S4Si2. The maximum Gasteiger partial charge on any atom is 0.500 e. The van der Waals surface area contributed by atoms with Crippen LogP contribution < -0.4 is 0 Å². The van der Waals surface area contributed by atoms with Gasteiger partial charge in [-0.05, 0) is 69.0 Å². The zero-order chi connectivity index (χ0) is 39.5. The number of hydrogen-bond acceptors (Lipinski definition) is 10. The summed E-state index contributed by atoms with van der Waals surface area (Å²) in [6, 6.07) is 1.86. The summed E-state index contributed by atoms with van der Waals surface area (Å²) in [4.78, 5) is 0. The van der Waals surface area contributed by atoms with Crippen molar-refractivity contribution in [1.82, 2.24) is 0 Å². The summed E-state index contributed by atoms with van der Waals surface area (Å²) in [7, 11) is 13.0. The molecule has 0 aliphatic rings. The number of unbranched alkanes of at least 4 members (excludes halogenated alkanes) is 28. The first kappa shape index (κ1) is 55.1. The fourth-order valence-electron chi connectivity index (χ4n) is 6.85. The van der Waals surface area contributed by atoms with Crippen LogP contribution in [0, 0.1) is 0 Å². The zero-order valence-electron chi connectivity index (χ0n) is 36.0. The van der Waals surface area contributed by atoms with Crippen LogP contribution in [0.25, 0.3) is 0 Å². The Labute approximate surface area is 353 Å². The van der Waals surface area contributed by atoms with E-state index in [9.17, 15) is 0 Å². The van der Waals surface area contributed by atoms with E-state index in [0.29, 0.717) is 0 Å². The minimum Gasteiger partial charge on any atom is -0.377 e. The molecule has 0 aromatic carbocycles. The van der Waals surface area contributed by atoms with Gasteiger partial charge in [0.15, 0.2) is 0 Å². The van der Waals surface area contributed by atoms with Crippen LogP contribution in [0.2, 0.25) is 12.1 Å². The van der Waals surface area contributed by atoms with Gasteiger partial charge in [0.1, 0.15) is 0 Å². The normalized spacial score (nSPS) is 12.6.